The fourth-order valence-electron chi connectivity index (χ4n) is 3.30. The molecule has 2 aromatic rings. The van der Waals surface area contributed by atoms with Crippen LogP contribution >= 0.6 is 11.6 Å². The monoisotopic (exact) mass is 345 g/mol. The maximum Gasteiger partial charge on any atom is 0.407 e. The van der Waals surface area contributed by atoms with Crippen molar-refractivity contribution >= 4 is 17.7 Å². The van der Waals surface area contributed by atoms with E-state index < -0.39 is 6.09 Å². The van der Waals surface area contributed by atoms with Gasteiger partial charge in [0.1, 0.15) is 11.9 Å². The number of halogens is 1. The van der Waals surface area contributed by atoms with E-state index in [1.807, 2.05) is 18.2 Å². The summed E-state index contributed by atoms with van der Waals surface area (Å²) in [6.07, 6.45) is -0.490. The lowest BCUT2D eigenvalue weighted by Gasteiger charge is -2.19. The summed E-state index contributed by atoms with van der Waals surface area (Å²) in [4.78, 5) is 12.3. The van der Waals surface area contributed by atoms with Crippen molar-refractivity contribution in [3.05, 3.63) is 52.0 Å². The number of fused-ring (bicyclic) bond motifs is 1. The molecule has 1 aliphatic rings. The minimum Gasteiger partial charge on any atom is -0.487 e. The van der Waals surface area contributed by atoms with Crippen LogP contribution in [-0.2, 0) is 6.42 Å². The first-order valence-electron chi connectivity index (χ1n) is 7.86. The molecule has 0 bridgehead atoms. The van der Waals surface area contributed by atoms with Gasteiger partial charge in [-0.1, -0.05) is 29.8 Å². The molecule has 1 atom stereocenters. The van der Waals surface area contributed by atoms with E-state index in [0.29, 0.717) is 18.0 Å². The summed E-state index contributed by atoms with van der Waals surface area (Å²) in [6, 6.07) is 10.0. The van der Waals surface area contributed by atoms with Gasteiger partial charge in [0.2, 0.25) is 0 Å². The zero-order chi connectivity index (χ0) is 17.4. The molecule has 1 amide bonds. The van der Waals surface area contributed by atoms with Crippen molar-refractivity contribution in [1.29, 1.82) is 0 Å². The quantitative estimate of drug-likeness (QED) is 0.888. The van der Waals surface area contributed by atoms with Crippen LogP contribution in [0.15, 0.2) is 30.3 Å². The Kier molecular flexibility index (Phi) is 4.41. The third kappa shape index (κ3) is 3.06. The highest BCUT2D eigenvalue weighted by molar-refractivity contribution is 6.31. The SMILES string of the molecule is Cc1cccc(C)c1-c1cc(Cl)cc2c1OC(CN(C)C(=O)O)C2. The lowest BCUT2D eigenvalue weighted by Crippen LogP contribution is -2.35. The summed E-state index contributed by atoms with van der Waals surface area (Å²) in [5, 5.41) is 9.73. The Balaban J connectivity index is 2.00. The van der Waals surface area contributed by atoms with Crippen LogP contribution in [0.2, 0.25) is 5.02 Å². The van der Waals surface area contributed by atoms with Crippen molar-refractivity contribution in [3.63, 3.8) is 0 Å². The smallest absolute Gasteiger partial charge is 0.407 e. The van der Waals surface area contributed by atoms with Gasteiger partial charge in [-0.05, 0) is 42.7 Å². The second kappa shape index (κ2) is 6.36. The van der Waals surface area contributed by atoms with Crippen LogP contribution < -0.4 is 4.74 Å². The van der Waals surface area contributed by atoms with E-state index in [-0.39, 0.29) is 6.10 Å². The van der Waals surface area contributed by atoms with Crippen molar-refractivity contribution in [1.82, 2.24) is 4.90 Å². The largest absolute Gasteiger partial charge is 0.487 e. The molecule has 0 saturated heterocycles. The average molecular weight is 346 g/mol. The molecule has 0 saturated carbocycles. The van der Waals surface area contributed by atoms with Gasteiger partial charge in [-0.15, -0.1) is 0 Å². The van der Waals surface area contributed by atoms with E-state index in [0.717, 1.165) is 33.6 Å². The Hall–Kier alpha value is -2.20. The molecule has 126 valence electrons. The summed E-state index contributed by atoms with van der Waals surface area (Å²) in [5.74, 6) is 0.820. The van der Waals surface area contributed by atoms with Crippen LogP contribution in [0.4, 0.5) is 4.79 Å². The average Bonchev–Trinajstić information content (AvgIpc) is 2.88. The molecule has 1 aliphatic heterocycles. The fourth-order valence-corrected chi connectivity index (χ4v) is 3.55. The van der Waals surface area contributed by atoms with E-state index in [1.54, 1.807) is 7.05 Å². The zero-order valence-electron chi connectivity index (χ0n) is 14.0. The van der Waals surface area contributed by atoms with Crippen LogP contribution in [0.3, 0.4) is 0 Å². The third-order valence-corrected chi connectivity index (χ3v) is 4.64. The molecule has 0 fully saturated rings. The van der Waals surface area contributed by atoms with Crippen molar-refractivity contribution in [2.45, 2.75) is 26.4 Å². The normalized spacial score (nSPS) is 15.8. The van der Waals surface area contributed by atoms with E-state index in [1.165, 1.54) is 4.90 Å². The maximum atomic E-state index is 11.0. The molecule has 2 aromatic carbocycles. The van der Waals surface area contributed by atoms with Gasteiger partial charge < -0.3 is 14.7 Å². The zero-order valence-corrected chi connectivity index (χ0v) is 14.7. The minimum atomic E-state index is -0.956. The number of hydrogen-bond acceptors (Lipinski definition) is 2. The molecule has 1 N–H and O–H groups in total. The van der Waals surface area contributed by atoms with Crippen LogP contribution in [0.1, 0.15) is 16.7 Å². The summed E-state index contributed by atoms with van der Waals surface area (Å²) in [7, 11) is 1.55. The number of amides is 1. The highest BCUT2D eigenvalue weighted by Crippen LogP contribution is 2.43. The molecule has 4 nitrogen and oxygen atoms in total. The number of likely N-dealkylation sites (N-methyl/N-ethyl adjacent to an activating group) is 1. The van der Waals surface area contributed by atoms with Crippen LogP contribution in [0.5, 0.6) is 5.75 Å². The minimum absolute atomic E-state index is 0.192. The van der Waals surface area contributed by atoms with Gasteiger partial charge in [0, 0.05) is 29.6 Å². The molecule has 3 rings (SSSR count). The predicted molar refractivity (Wildman–Crippen MR) is 95.1 cm³/mol. The van der Waals surface area contributed by atoms with Crippen molar-refractivity contribution in [2.24, 2.45) is 0 Å². The molecule has 0 spiro atoms. The lowest BCUT2D eigenvalue weighted by atomic mass is 9.93. The molecule has 24 heavy (non-hydrogen) atoms. The molecule has 0 aromatic heterocycles. The molecular formula is C19H20ClNO3. The van der Waals surface area contributed by atoms with Gasteiger partial charge >= 0.3 is 6.09 Å². The number of ether oxygens (including phenoxy) is 1. The van der Waals surface area contributed by atoms with Gasteiger partial charge in [0.05, 0.1) is 6.54 Å². The summed E-state index contributed by atoms with van der Waals surface area (Å²) >= 11 is 6.33. The van der Waals surface area contributed by atoms with Crippen molar-refractivity contribution in [2.75, 3.05) is 13.6 Å². The highest BCUT2D eigenvalue weighted by Gasteiger charge is 2.29. The maximum absolute atomic E-state index is 11.0. The fraction of sp³-hybridized carbons (Fsp3) is 0.316. The molecule has 5 heteroatoms. The van der Waals surface area contributed by atoms with E-state index in [9.17, 15) is 4.79 Å². The van der Waals surface area contributed by atoms with Gasteiger partial charge in [-0.2, -0.15) is 0 Å². The predicted octanol–water partition coefficient (Wildman–Crippen LogP) is 4.54. The first-order chi connectivity index (χ1) is 11.4. The van der Waals surface area contributed by atoms with E-state index in [4.69, 9.17) is 21.4 Å². The third-order valence-electron chi connectivity index (χ3n) is 4.42. The van der Waals surface area contributed by atoms with Crippen LogP contribution in [-0.4, -0.2) is 35.8 Å². The summed E-state index contributed by atoms with van der Waals surface area (Å²) in [6.45, 7) is 4.47. The molecule has 1 heterocycles. The first-order valence-corrected chi connectivity index (χ1v) is 8.24. The van der Waals surface area contributed by atoms with Gasteiger partial charge in [-0.3, -0.25) is 0 Å². The summed E-state index contributed by atoms with van der Waals surface area (Å²) in [5.41, 5.74) is 5.46. The Morgan fingerprint density at radius 2 is 2.00 bits per heavy atom. The number of benzene rings is 2. The molecule has 0 aliphatic carbocycles. The van der Waals surface area contributed by atoms with E-state index >= 15 is 0 Å². The Labute approximate surface area is 146 Å². The number of carboxylic acid groups (broad SMARTS) is 1. The Morgan fingerprint density at radius 3 is 2.62 bits per heavy atom. The van der Waals surface area contributed by atoms with Crippen LogP contribution in [0.25, 0.3) is 11.1 Å². The molecular weight excluding hydrogens is 326 g/mol. The second-order valence-electron chi connectivity index (χ2n) is 6.32. The van der Waals surface area contributed by atoms with Gasteiger partial charge in [-0.25, -0.2) is 4.79 Å². The number of nitrogens with zero attached hydrogens (tertiary/aromatic N) is 1. The number of aryl methyl sites for hydroxylation is 2. The highest BCUT2D eigenvalue weighted by atomic mass is 35.5. The summed E-state index contributed by atoms with van der Waals surface area (Å²) < 4.78 is 6.11. The van der Waals surface area contributed by atoms with Gasteiger partial charge in [0.25, 0.3) is 0 Å². The lowest BCUT2D eigenvalue weighted by molar-refractivity contribution is 0.129. The van der Waals surface area contributed by atoms with E-state index in [2.05, 4.69) is 26.0 Å². The topological polar surface area (TPSA) is 49.8 Å². The Morgan fingerprint density at radius 1 is 1.33 bits per heavy atom. The second-order valence-corrected chi connectivity index (χ2v) is 6.75. The Bertz CT molecular complexity index is 783. The van der Waals surface area contributed by atoms with Crippen molar-refractivity contribution < 1.29 is 14.6 Å². The molecule has 1 unspecified atom stereocenters. The standard InChI is InChI=1S/C19H20ClNO3/c1-11-5-4-6-12(2)17(11)16-9-14(20)7-13-8-15(24-18(13)16)10-21(3)19(22)23/h4-7,9,15H,8,10H2,1-3H3,(H,22,23). The van der Waals surface area contributed by atoms with Gasteiger partial charge in [0.15, 0.2) is 0 Å². The number of carbonyl (C=O) groups is 1. The van der Waals surface area contributed by atoms with Crippen LogP contribution in [0, 0.1) is 13.8 Å². The number of rotatable bonds is 3. The van der Waals surface area contributed by atoms with Crippen molar-refractivity contribution in [3.8, 4) is 16.9 Å². The number of hydrogen-bond donors (Lipinski definition) is 1. The molecule has 0 radical (unpaired) electrons. The first kappa shape index (κ1) is 16.7.